The molecular formula is C28H24N6O6. The van der Waals surface area contributed by atoms with Crippen molar-refractivity contribution in [2.45, 2.75) is 32.0 Å². The minimum Gasteiger partial charge on any atom is -0.478 e. The van der Waals surface area contributed by atoms with Crippen molar-refractivity contribution < 1.29 is 19.5 Å². The molecule has 5 rings (SSSR count). The molecule has 1 aliphatic rings. The maximum absolute atomic E-state index is 12.9. The van der Waals surface area contributed by atoms with Gasteiger partial charge in [0.05, 0.1) is 11.6 Å². The highest BCUT2D eigenvalue weighted by atomic mass is 16.4. The lowest BCUT2D eigenvalue weighted by molar-refractivity contribution is 0.0696. The normalized spacial score (nSPS) is 13.9. The molecule has 12 nitrogen and oxygen atoms in total. The van der Waals surface area contributed by atoms with Crippen LogP contribution in [0.4, 0.5) is 11.4 Å². The predicted molar refractivity (Wildman–Crippen MR) is 145 cm³/mol. The zero-order valence-corrected chi connectivity index (χ0v) is 21.1. The van der Waals surface area contributed by atoms with Crippen molar-refractivity contribution in [2.75, 3.05) is 11.1 Å². The van der Waals surface area contributed by atoms with Gasteiger partial charge in [-0.25, -0.2) is 14.8 Å². The van der Waals surface area contributed by atoms with Crippen molar-refractivity contribution >= 4 is 29.2 Å². The lowest BCUT2D eigenvalue weighted by Gasteiger charge is -2.14. The number of hydrogen-bond acceptors (Lipinski definition) is 9. The van der Waals surface area contributed by atoms with Gasteiger partial charge in [0.1, 0.15) is 29.1 Å². The highest BCUT2D eigenvalue weighted by molar-refractivity contribution is 5.97. The molecule has 1 atom stereocenters. The number of aryl methyl sites for hydroxylation is 1. The highest BCUT2D eigenvalue weighted by Gasteiger charge is 2.26. The zero-order valence-electron chi connectivity index (χ0n) is 21.1. The molecule has 0 fully saturated rings. The van der Waals surface area contributed by atoms with Crippen molar-refractivity contribution in [3.8, 4) is 0 Å². The lowest BCUT2D eigenvalue weighted by Crippen LogP contribution is -2.36. The number of carbonyl (C=O) groups is 3. The molecule has 40 heavy (non-hydrogen) atoms. The van der Waals surface area contributed by atoms with Gasteiger partial charge in [0.2, 0.25) is 0 Å². The third kappa shape index (κ3) is 5.27. The van der Waals surface area contributed by atoms with Gasteiger partial charge < -0.3 is 26.8 Å². The van der Waals surface area contributed by atoms with Crippen LogP contribution in [0.5, 0.6) is 0 Å². The minimum atomic E-state index is -1.00. The summed E-state index contributed by atoms with van der Waals surface area (Å²) in [5.41, 5.74) is 7.82. The summed E-state index contributed by atoms with van der Waals surface area (Å²) >= 11 is 0. The molecular weight excluding hydrogens is 516 g/mol. The predicted octanol–water partition coefficient (Wildman–Crippen LogP) is 1.31. The van der Waals surface area contributed by atoms with Crippen molar-refractivity contribution in [3.63, 3.8) is 0 Å². The van der Waals surface area contributed by atoms with E-state index in [0.29, 0.717) is 12.8 Å². The average Bonchev–Trinajstić information content (AvgIpc) is 3.37. The number of benzene rings is 2. The Bertz CT molecular complexity index is 1730. The molecule has 0 saturated heterocycles. The van der Waals surface area contributed by atoms with Crippen molar-refractivity contribution in [1.82, 2.24) is 20.6 Å². The number of aromatic carboxylic acids is 1. The Hall–Kier alpha value is -5.39. The second kappa shape index (κ2) is 10.8. The molecule has 2 amide bonds. The molecule has 4 aromatic rings. The summed E-state index contributed by atoms with van der Waals surface area (Å²) in [6, 6.07) is 13.1. The zero-order chi connectivity index (χ0) is 28.4. The van der Waals surface area contributed by atoms with Crippen LogP contribution in [-0.2, 0) is 19.5 Å². The second-order valence-electron chi connectivity index (χ2n) is 9.38. The summed E-state index contributed by atoms with van der Waals surface area (Å²) in [5.74, 6) is -1.97. The van der Waals surface area contributed by atoms with Crippen molar-refractivity contribution in [1.29, 1.82) is 0 Å². The molecule has 0 bridgehead atoms. The van der Waals surface area contributed by atoms with E-state index in [9.17, 15) is 29.1 Å². The van der Waals surface area contributed by atoms with Gasteiger partial charge in [-0.05, 0) is 47.2 Å². The number of carbonyl (C=O) groups excluding carboxylic acids is 2. The number of fused-ring (bicyclic) bond motifs is 1. The molecule has 0 saturated carbocycles. The number of anilines is 2. The summed E-state index contributed by atoms with van der Waals surface area (Å²) in [6.07, 6.45) is 2.40. The van der Waals surface area contributed by atoms with Crippen LogP contribution >= 0.6 is 0 Å². The first-order chi connectivity index (χ1) is 19.2. The number of amides is 2. The van der Waals surface area contributed by atoms with Crippen molar-refractivity contribution in [3.05, 3.63) is 115 Å². The van der Waals surface area contributed by atoms with E-state index in [0.717, 1.165) is 28.6 Å². The van der Waals surface area contributed by atoms with E-state index in [4.69, 9.17) is 5.73 Å². The van der Waals surface area contributed by atoms with Crippen molar-refractivity contribution in [2.24, 2.45) is 0 Å². The highest BCUT2D eigenvalue weighted by Crippen LogP contribution is 2.32. The number of nitrogens with zero attached hydrogens (tertiary/aromatic N) is 2. The van der Waals surface area contributed by atoms with Crippen LogP contribution in [0.1, 0.15) is 66.1 Å². The Morgan fingerprint density at radius 1 is 0.925 bits per heavy atom. The van der Waals surface area contributed by atoms with Crippen LogP contribution in [0.25, 0.3) is 0 Å². The topological polar surface area (TPSA) is 193 Å². The largest absolute Gasteiger partial charge is 0.478 e. The fourth-order valence-electron chi connectivity index (χ4n) is 4.64. The first kappa shape index (κ1) is 26.2. The Balaban J connectivity index is 1.18. The Labute approximate surface area is 227 Å². The number of nitrogens with one attached hydrogen (secondary N) is 3. The number of aromatic nitrogens is 2. The van der Waals surface area contributed by atoms with Gasteiger partial charge in [-0.15, -0.1) is 0 Å². The van der Waals surface area contributed by atoms with E-state index < -0.39 is 28.6 Å². The molecule has 0 spiro atoms. The van der Waals surface area contributed by atoms with E-state index in [-0.39, 0.29) is 47.5 Å². The summed E-state index contributed by atoms with van der Waals surface area (Å²) < 4.78 is 0. The Kier molecular flexibility index (Phi) is 7.06. The van der Waals surface area contributed by atoms with Gasteiger partial charge in [-0.1, -0.05) is 30.3 Å². The third-order valence-corrected chi connectivity index (χ3v) is 6.77. The number of rotatable bonds is 9. The molecule has 3 aromatic carbocycles. The maximum Gasteiger partial charge on any atom is 0.335 e. The van der Waals surface area contributed by atoms with Gasteiger partial charge in [0.15, 0.2) is 0 Å². The van der Waals surface area contributed by atoms with Crippen LogP contribution in [0.2, 0.25) is 0 Å². The van der Waals surface area contributed by atoms with Gasteiger partial charge in [0, 0.05) is 19.2 Å². The standard InChI is InChI=1S/C28H24N6O6/c29-22-23(25(36)24(22)35)30-11-14-2-1-3-15(8-14)12-31-26(37)20-10-21(33-13-32-20)27(38)34-19-7-5-16-9-17(28(39)40)4-6-18(16)19/h1-4,6,8-10,13,19,30H,5,7,11-12,29H2,(H,31,37)(H,34,38)(H,39,40)/t19-/m0/s1. The third-order valence-electron chi connectivity index (χ3n) is 6.77. The van der Waals surface area contributed by atoms with Crippen LogP contribution in [0, 0.1) is 0 Å². The Morgan fingerprint density at radius 3 is 2.38 bits per heavy atom. The number of carboxylic acids is 1. The van der Waals surface area contributed by atoms with E-state index >= 15 is 0 Å². The molecule has 202 valence electrons. The van der Waals surface area contributed by atoms with Gasteiger partial charge >= 0.3 is 5.97 Å². The van der Waals surface area contributed by atoms with Crippen LogP contribution in [0.3, 0.4) is 0 Å². The molecule has 1 aromatic heterocycles. The number of nitrogens with two attached hydrogens (primary N) is 1. The van der Waals surface area contributed by atoms with Gasteiger partial charge in [-0.2, -0.15) is 0 Å². The number of nitrogen functional groups attached to an aromatic ring is 1. The maximum atomic E-state index is 12.9. The summed E-state index contributed by atoms with van der Waals surface area (Å²) in [6.45, 7) is 0.449. The quantitative estimate of drug-likeness (QED) is 0.193. The first-order valence-electron chi connectivity index (χ1n) is 12.4. The average molecular weight is 541 g/mol. The van der Waals surface area contributed by atoms with E-state index in [2.05, 4.69) is 25.9 Å². The van der Waals surface area contributed by atoms with Crippen LogP contribution < -0.4 is 32.5 Å². The van der Waals surface area contributed by atoms with E-state index in [1.54, 1.807) is 18.2 Å². The van der Waals surface area contributed by atoms with Crippen LogP contribution in [0.15, 0.2) is 64.4 Å². The summed E-state index contributed by atoms with van der Waals surface area (Å²) in [4.78, 5) is 67.7. The smallest absolute Gasteiger partial charge is 0.335 e. The van der Waals surface area contributed by atoms with E-state index in [1.807, 2.05) is 18.2 Å². The molecule has 0 aliphatic heterocycles. The SMILES string of the molecule is Nc1c(NCc2cccc(CNC(=O)c3cc(C(=O)N[C@H]4CCc5cc(C(=O)O)ccc54)ncn3)c2)c(=O)c1=O. The molecule has 0 unspecified atom stereocenters. The van der Waals surface area contributed by atoms with Gasteiger partial charge in [0.25, 0.3) is 22.7 Å². The Morgan fingerprint density at radius 2 is 1.65 bits per heavy atom. The summed E-state index contributed by atoms with van der Waals surface area (Å²) in [7, 11) is 0. The van der Waals surface area contributed by atoms with Gasteiger partial charge in [-0.3, -0.25) is 19.2 Å². The molecule has 1 aliphatic carbocycles. The summed E-state index contributed by atoms with van der Waals surface area (Å²) in [5, 5.41) is 17.7. The lowest BCUT2D eigenvalue weighted by atomic mass is 10.0. The second-order valence-corrected chi connectivity index (χ2v) is 9.38. The molecule has 6 N–H and O–H groups in total. The van der Waals surface area contributed by atoms with Crippen LogP contribution in [-0.4, -0.2) is 32.9 Å². The molecule has 12 heteroatoms. The minimum absolute atomic E-state index is 0.0199. The first-order valence-corrected chi connectivity index (χ1v) is 12.4. The fraction of sp³-hybridized carbons (Fsp3) is 0.179. The molecule has 1 heterocycles. The molecule has 0 radical (unpaired) electrons. The number of carboxylic acid groups (broad SMARTS) is 1. The fourth-order valence-corrected chi connectivity index (χ4v) is 4.64. The van der Waals surface area contributed by atoms with E-state index in [1.165, 1.54) is 12.1 Å². The monoisotopic (exact) mass is 540 g/mol. The number of hydrogen-bond donors (Lipinski definition) is 5.